The molecule has 1 aliphatic rings. The van der Waals surface area contributed by atoms with Crippen molar-refractivity contribution in [3.63, 3.8) is 0 Å². The molecule has 182 valence electrons. The van der Waals surface area contributed by atoms with Crippen molar-refractivity contribution in [2.45, 2.75) is 39.3 Å². The Labute approximate surface area is 203 Å². The molecular formula is C24H30ClN5O4. The summed E-state index contributed by atoms with van der Waals surface area (Å²) in [5, 5.41) is 21.0. The molecule has 2 atom stereocenters. The molecule has 0 radical (unpaired) electrons. The van der Waals surface area contributed by atoms with Crippen LogP contribution in [0.2, 0.25) is 5.02 Å². The van der Waals surface area contributed by atoms with Crippen molar-refractivity contribution in [2.24, 2.45) is 0 Å². The van der Waals surface area contributed by atoms with Gasteiger partial charge in [-0.2, -0.15) is 0 Å². The molecule has 0 bridgehead atoms. The van der Waals surface area contributed by atoms with Gasteiger partial charge in [0.15, 0.2) is 5.82 Å². The maximum absolute atomic E-state index is 9.98. The first-order valence-corrected chi connectivity index (χ1v) is 11.7. The largest absolute Gasteiger partial charge is 0.491 e. The van der Waals surface area contributed by atoms with E-state index in [4.69, 9.17) is 35.6 Å². The Balaban J connectivity index is 1.76. The number of benzene rings is 1. The minimum absolute atomic E-state index is 0.148. The molecule has 0 saturated carbocycles. The van der Waals surface area contributed by atoms with Crippen LogP contribution in [-0.2, 0) is 4.74 Å². The minimum atomic E-state index is -0.629. The predicted octanol–water partition coefficient (Wildman–Crippen LogP) is 3.54. The lowest BCUT2D eigenvalue weighted by molar-refractivity contribution is 0.108. The Bertz CT molecular complexity index is 1130. The van der Waals surface area contributed by atoms with E-state index in [0.717, 1.165) is 35.5 Å². The number of anilines is 1. The van der Waals surface area contributed by atoms with Crippen LogP contribution in [-0.4, -0.2) is 65.8 Å². The Morgan fingerprint density at radius 2 is 2.09 bits per heavy atom. The van der Waals surface area contributed by atoms with E-state index in [1.807, 2.05) is 20.8 Å². The fraction of sp³-hybridized carbons (Fsp3) is 0.458. The van der Waals surface area contributed by atoms with E-state index in [2.05, 4.69) is 15.8 Å². The van der Waals surface area contributed by atoms with Gasteiger partial charge in [0.05, 0.1) is 34.6 Å². The number of rotatable bonds is 9. The Hall–Kier alpha value is -2.72. The van der Waals surface area contributed by atoms with Crippen LogP contribution in [0.25, 0.3) is 22.6 Å². The molecule has 4 rings (SSSR count). The molecule has 3 aromatic rings. The van der Waals surface area contributed by atoms with Crippen molar-refractivity contribution in [1.82, 2.24) is 20.4 Å². The van der Waals surface area contributed by atoms with E-state index in [1.165, 1.54) is 0 Å². The minimum Gasteiger partial charge on any atom is -0.491 e. The first kappa shape index (κ1) is 24.4. The third-order valence-electron chi connectivity index (χ3n) is 5.75. The first-order chi connectivity index (χ1) is 16.4. The topological polar surface area (TPSA) is 115 Å². The number of nitrogens with one attached hydrogen (secondary N) is 2. The van der Waals surface area contributed by atoms with Crippen LogP contribution in [0, 0.1) is 20.8 Å². The van der Waals surface area contributed by atoms with Crippen molar-refractivity contribution < 1.29 is 19.1 Å². The predicted molar refractivity (Wildman–Crippen MR) is 130 cm³/mol. The van der Waals surface area contributed by atoms with Crippen LogP contribution in [0.5, 0.6) is 5.75 Å². The van der Waals surface area contributed by atoms with Crippen LogP contribution < -0.4 is 15.4 Å². The molecule has 3 heterocycles. The number of aryl methyl sites for hydroxylation is 2. The van der Waals surface area contributed by atoms with E-state index < -0.39 is 6.10 Å². The van der Waals surface area contributed by atoms with E-state index in [0.29, 0.717) is 46.9 Å². The Morgan fingerprint density at radius 1 is 1.26 bits per heavy atom. The second-order valence-corrected chi connectivity index (χ2v) is 8.84. The summed E-state index contributed by atoms with van der Waals surface area (Å²) in [5.41, 5.74) is 3.84. The highest BCUT2D eigenvalue weighted by Gasteiger charge is 2.24. The van der Waals surface area contributed by atoms with Gasteiger partial charge in [-0.1, -0.05) is 16.8 Å². The number of hydrogen-bond acceptors (Lipinski definition) is 9. The highest BCUT2D eigenvalue weighted by Crippen LogP contribution is 2.36. The zero-order valence-electron chi connectivity index (χ0n) is 19.8. The van der Waals surface area contributed by atoms with E-state index in [1.54, 1.807) is 25.2 Å². The highest BCUT2D eigenvalue weighted by molar-refractivity contribution is 6.33. The third kappa shape index (κ3) is 5.33. The molecule has 1 saturated heterocycles. The number of likely N-dealkylation sites (N-methyl/N-ethyl adjacent to an activating group) is 1. The van der Waals surface area contributed by atoms with Gasteiger partial charge in [-0.05, 0) is 52.4 Å². The number of halogens is 1. The summed E-state index contributed by atoms with van der Waals surface area (Å²) in [6.45, 7) is 7.66. The number of aliphatic hydroxyl groups is 1. The molecule has 1 aromatic carbocycles. The quantitative estimate of drug-likeness (QED) is 0.417. The Kier molecular flexibility index (Phi) is 7.67. The van der Waals surface area contributed by atoms with Gasteiger partial charge in [-0.15, -0.1) is 0 Å². The van der Waals surface area contributed by atoms with Crippen LogP contribution in [0.1, 0.15) is 23.4 Å². The number of aliphatic hydroxyl groups excluding tert-OH is 1. The van der Waals surface area contributed by atoms with Gasteiger partial charge >= 0.3 is 0 Å². The number of nitrogens with zero attached hydrogens (tertiary/aromatic N) is 3. The zero-order chi connectivity index (χ0) is 24.2. The molecule has 10 heteroatoms. The van der Waals surface area contributed by atoms with Crippen LogP contribution in [0.15, 0.2) is 22.7 Å². The summed E-state index contributed by atoms with van der Waals surface area (Å²) >= 11 is 6.58. The van der Waals surface area contributed by atoms with Crippen molar-refractivity contribution in [2.75, 3.05) is 38.7 Å². The van der Waals surface area contributed by atoms with Crippen LogP contribution in [0.3, 0.4) is 0 Å². The third-order valence-corrected chi connectivity index (χ3v) is 6.08. The van der Waals surface area contributed by atoms with E-state index >= 15 is 0 Å². The second kappa shape index (κ2) is 10.7. The smallest absolute Gasteiger partial charge is 0.163 e. The second-order valence-electron chi connectivity index (χ2n) is 8.44. The average Bonchev–Trinajstić information content (AvgIpc) is 3.44. The molecule has 34 heavy (non-hydrogen) atoms. The normalized spacial score (nSPS) is 16.6. The summed E-state index contributed by atoms with van der Waals surface area (Å²) in [6.07, 6.45) is 0.272. The summed E-state index contributed by atoms with van der Waals surface area (Å²) in [6, 6.07) is 5.46. The molecule has 0 spiro atoms. The first-order valence-electron chi connectivity index (χ1n) is 11.3. The van der Waals surface area contributed by atoms with Gasteiger partial charge in [0, 0.05) is 24.3 Å². The number of ether oxygens (including phenoxy) is 2. The lowest BCUT2D eigenvalue weighted by Gasteiger charge is -2.18. The fourth-order valence-corrected chi connectivity index (χ4v) is 4.14. The maximum atomic E-state index is 9.98. The van der Waals surface area contributed by atoms with Crippen LogP contribution >= 0.6 is 11.6 Å². The standard InChI is InChI=1S/C24H30ClN5O4/c1-13-22(21-14(2)30-34-15(21)3)28-24(29-23(13)27-16-7-8-32-11-16)19-9-18(5-6-20(19)25)33-12-17(31)10-26-4/h5-6,9,16-17,26,31H,7-8,10-12H2,1-4H3,(H,27,28,29)/t16-,17+/m0/s1. The van der Waals surface area contributed by atoms with Crippen molar-refractivity contribution in [3.8, 4) is 28.4 Å². The summed E-state index contributed by atoms with van der Waals surface area (Å²) in [5.74, 6) is 2.41. The molecule has 1 fully saturated rings. The Morgan fingerprint density at radius 3 is 2.76 bits per heavy atom. The fourth-order valence-electron chi connectivity index (χ4n) is 3.94. The number of hydrogen-bond donors (Lipinski definition) is 3. The maximum Gasteiger partial charge on any atom is 0.163 e. The lowest BCUT2D eigenvalue weighted by atomic mass is 10.0. The molecule has 2 aromatic heterocycles. The average molecular weight is 488 g/mol. The number of aromatic nitrogens is 3. The summed E-state index contributed by atoms with van der Waals surface area (Å²) in [7, 11) is 1.78. The van der Waals surface area contributed by atoms with Crippen molar-refractivity contribution in [1.29, 1.82) is 0 Å². The van der Waals surface area contributed by atoms with E-state index in [-0.39, 0.29) is 12.6 Å². The van der Waals surface area contributed by atoms with Gasteiger partial charge in [-0.25, -0.2) is 9.97 Å². The molecule has 3 N–H and O–H groups in total. The molecule has 9 nitrogen and oxygen atoms in total. The molecule has 0 aliphatic carbocycles. The summed E-state index contributed by atoms with van der Waals surface area (Å²) in [4.78, 5) is 9.72. The van der Waals surface area contributed by atoms with Crippen molar-refractivity contribution >= 4 is 17.4 Å². The van der Waals surface area contributed by atoms with Gasteiger partial charge < -0.3 is 29.7 Å². The van der Waals surface area contributed by atoms with Gasteiger partial charge in [-0.3, -0.25) is 0 Å². The molecule has 0 amide bonds. The molecule has 0 unspecified atom stereocenters. The van der Waals surface area contributed by atoms with E-state index in [9.17, 15) is 5.11 Å². The van der Waals surface area contributed by atoms with Crippen molar-refractivity contribution in [3.05, 3.63) is 40.2 Å². The van der Waals surface area contributed by atoms with Gasteiger partial charge in [0.2, 0.25) is 0 Å². The monoisotopic (exact) mass is 487 g/mol. The van der Waals surface area contributed by atoms with Gasteiger partial charge in [0.25, 0.3) is 0 Å². The SMILES string of the molecule is CNC[C@@H](O)COc1ccc(Cl)c(-c2nc(N[C@H]3CCOC3)c(C)c(-c3c(C)noc3C)n2)c1. The van der Waals surface area contributed by atoms with Gasteiger partial charge in [0.1, 0.15) is 30.0 Å². The zero-order valence-corrected chi connectivity index (χ0v) is 20.6. The summed E-state index contributed by atoms with van der Waals surface area (Å²) < 4.78 is 16.7. The van der Waals surface area contributed by atoms with Crippen LogP contribution in [0.4, 0.5) is 5.82 Å². The molecular weight excluding hydrogens is 458 g/mol. The molecule has 1 aliphatic heterocycles. The highest BCUT2D eigenvalue weighted by atomic mass is 35.5. The lowest BCUT2D eigenvalue weighted by Crippen LogP contribution is -2.29.